The zero-order valence-electron chi connectivity index (χ0n) is 13.1. The third-order valence-electron chi connectivity index (χ3n) is 4.64. The molecule has 1 amide bonds. The Bertz CT molecular complexity index is 378. The van der Waals surface area contributed by atoms with Gasteiger partial charge < -0.3 is 14.9 Å². The molecule has 0 spiro atoms. The number of nitrogens with zero attached hydrogens (tertiary/aromatic N) is 3. The van der Waals surface area contributed by atoms with Gasteiger partial charge in [-0.2, -0.15) is 0 Å². The average molecular weight is 297 g/mol. The number of carboxylic acid groups (broad SMARTS) is 1. The molecule has 1 unspecified atom stereocenters. The standard InChI is InChI=1S/C15H27N3O3/c1-16(2)9-7-14(19)17-10-5-12(6-11-17)18-8-3-4-13(18)15(20)21/h12-13H,3-11H2,1-2H3,(H,20,21). The molecule has 120 valence electrons. The zero-order valence-corrected chi connectivity index (χ0v) is 13.1. The minimum atomic E-state index is -0.697. The van der Waals surface area contributed by atoms with Gasteiger partial charge in [0.25, 0.3) is 0 Å². The molecule has 0 radical (unpaired) electrons. The second-order valence-corrected chi connectivity index (χ2v) is 6.40. The van der Waals surface area contributed by atoms with E-state index in [1.165, 1.54) is 0 Å². The van der Waals surface area contributed by atoms with E-state index in [1.807, 2.05) is 23.9 Å². The fraction of sp³-hybridized carbons (Fsp3) is 0.867. The number of hydrogen-bond donors (Lipinski definition) is 1. The quantitative estimate of drug-likeness (QED) is 0.799. The van der Waals surface area contributed by atoms with E-state index < -0.39 is 5.97 Å². The van der Waals surface area contributed by atoms with Crippen molar-refractivity contribution in [1.82, 2.24) is 14.7 Å². The van der Waals surface area contributed by atoms with E-state index in [4.69, 9.17) is 0 Å². The van der Waals surface area contributed by atoms with Crippen molar-refractivity contribution in [2.24, 2.45) is 0 Å². The van der Waals surface area contributed by atoms with Gasteiger partial charge in [0.1, 0.15) is 6.04 Å². The van der Waals surface area contributed by atoms with Gasteiger partial charge in [0.15, 0.2) is 0 Å². The highest BCUT2D eigenvalue weighted by atomic mass is 16.4. The van der Waals surface area contributed by atoms with Crippen LogP contribution in [0.25, 0.3) is 0 Å². The van der Waals surface area contributed by atoms with Crippen LogP contribution >= 0.6 is 0 Å². The summed E-state index contributed by atoms with van der Waals surface area (Å²) in [4.78, 5) is 29.5. The summed E-state index contributed by atoms with van der Waals surface area (Å²) in [6.07, 6.45) is 4.10. The number of rotatable bonds is 5. The van der Waals surface area contributed by atoms with E-state index >= 15 is 0 Å². The number of hydrogen-bond acceptors (Lipinski definition) is 4. The number of carbonyl (C=O) groups excluding carboxylic acids is 1. The summed E-state index contributed by atoms with van der Waals surface area (Å²) < 4.78 is 0. The molecule has 0 aromatic rings. The highest BCUT2D eigenvalue weighted by Crippen LogP contribution is 2.26. The highest BCUT2D eigenvalue weighted by Gasteiger charge is 2.37. The molecule has 2 saturated heterocycles. The summed E-state index contributed by atoms with van der Waals surface area (Å²) in [5.41, 5.74) is 0. The zero-order chi connectivity index (χ0) is 15.4. The lowest BCUT2D eigenvalue weighted by Gasteiger charge is -2.38. The van der Waals surface area contributed by atoms with Crippen LogP contribution < -0.4 is 0 Å². The van der Waals surface area contributed by atoms with Gasteiger partial charge in [-0.3, -0.25) is 14.5 Å². The van der Waals surface area contributed by atoms with Gasteiger partial charge >= 0.3 is 5.97 Å². The summed E-state index contributed by atoms with van der Waals surface area (Å²) in [6.45, 7) is 3.20. The van der Waals surface area contributed by atoms with Crippen molar-refractivity contribution in [2.75, 3.05) is 40.3 Å². The van der Waals surface area contributed by atoms with Gasteiger partial charge in [-0.15, -0.1) is 0 Å². The molecule has 6 nitrogen and oxygen atoms in total. The minimum absolute atomic E-state index is 0.221. The summed E-state index contributed by atoms with van der Waals surface area (Å²) in [6, 6.07) is 0.0116. The molecule has 0 aromatic carbocycles. The number of piperidine rings is 1. The predicted octanol–water partition coefficient (Wildman–Crippen LogP) is 0.478. The Kier molecular flexibility index (Phi) is 5.58. The molecule has 2 aliphatic heterocycles. The van der Waals surface area contributed by atoms with E-state index in [-0.39, 0.29) is 11.9 Å². The summed E-state index contributed by atoms with van der Waals surface area (Å²) in [5, 5.41) is 9.27. The number of carbonyl (C=O) groups is 2. The molecule has 2 rings (SSSR count). The second kappa shape index (κ2) is 7.22. The molecular formula is C15H27N3O3. The van der Waals surface area contributed by atoms with E-state index in [1.54, 1.807) is 0 Å². The Morgan fingerprint density at radius 3 is 2.38 bits per heavy atom. The molecule has 0 saturated carbocycles. The Labute approximate surface area is 126 Å². The van der Waals surface area contributed by atoms with Crippen LogP contribution in [0.1, 0.15) is 32.1 Å². The van der Waals surface area contributed by atoms with Crippen molar-refractivity contribution in [3.8, 4) is 0 Å². The van der Waals surface area contributed by atoms with Crippen LogP contribution in [0.4, 0.5) is 0 Å². The van der Waals surface area contributed by atoms with Crippen molar-refractivity contribution in [2.45, 2.75) is 44.2 Å². The number of amides is 1. The molecule has 2 aliphatic rings. The first-order chi connectivity index (χ1) is 9.99. The molecule has 6 heteroatoms. The van der Waals surface area contributed by atoms with E-state index in [0.717, 1.165) is 51.9 Å². The van der Waals surface area contributed by atoms with Gasteiger partial charge in [0.2, 0.25) is 5.91 Å². The fourth-order valence-electron chi connectivity index (χ4n) is 3.42. The largest absolute Gasteiger partial charge is 0.480 e. The molecule has 0 aliphatic carbocycles. The lowest BCUT2D eigenvalue weighted by molar-refractivity contribution is -0.144. The van der Waals surface area contributed by atoms with Gasteiger partial charge in [0.05, 0.1) is 0 Å². The fourth-order valence-corrected chi connectivity index (χ4v) is 3.42. The van der Waals surface area contributed by atoms with Crippen LogP contribution in [0.5, 0.6) is 0 Å². The first-order valence-electron chi connectivity index (χ1n) is 7.90. The molecule has 2 fully saturated rings. The van der Waals surface area contributed by atoms with E-state index in [0.29, 0.717) is 12.5 Å². The van der Waals surface area contributed by atoms with Crippen LogP contribution in [-0.4, -0.2) is 84.0 Å². The second-order valence-electron chi connectivity index (χ2n) is 6.40. The maximum absolute atomic E-state index is 12.1. The molecule has 1 N–H and O–H groups in total. The Balaban J connectivity index is 1.80. The predicted molar refractivity (Wildman–Crippen MR) is 80.1 cm³/mol. The van der Waals surface area contributed by atoms with Crippen LogP contribution in [-0.2, 0) is 9.59 Å². The van der Waals surface area contributed by atoms with Crippen molar-refractivity contribution in [3.05, 3.63) is 0 Å². The normalized spacial score (nSPS) is 24.7. The summed E-state index contributed by atoms with van der Waals surface area (Å²) >= 11 is 0. The average Bonchev–Trinajstić information content (AvgIpc) is 2.94. The van der Waals surface area contributed by atoms with Gasteiger partial charge in [-0.25, -0.2) is 0 Å². The smallest absolute Gasteiger partial charge is 0.320 e. The molecular weight excluding hydrogens is 270 g/mol. The number of aliphatic carboxylic acids is 1. The third kappa shape index (κ3) is 4.17. The molecule has 1 atom stereocenters. The monoisotopic (exact) mass is 297 g/mol. The Morgan fingerprint density at radius 1 is 1.14 bits per heavy atom. The maximum atomic E-state index is 12.1. The highest BCUT2D eigenvalue weighted by molar-refractivity contribution is 5.76. The third-order valence-corrected chi connectivity index (χ3v) is 4.64. The topological polar surface area (TPSA) is 64.1 Å². The van der Waals surface area contributed by atoms with Crippen molar-refractivity contribution in [3.63, 3.8) is 0 Å². The summed E-state index contributed by atoms with van der Waals surface area (Å²) in [5.74, 6) is -0.477. The van der Waals surface area contributed by atoms with Crippen molar-refractivity contribution < 1.29 is 14.7 Å². The number of carboxylic acids is 1. The van der Waals surface area contributed by atoms with Crippen molar-refractivity contribution >= 4 is 11.9 Å². The summed E-state index contributed by atoms with van der Waals surface area (Å²) in [7, 11) is 3.94. The Hall–Kier alpha value is -1.14. The lowest BCUT2D eigenvalue weighted by Crippen LogP contribution is -2.50. The van der Waals surface area contributed by atoms with Gasteiger partial charge in [0, 0.05) is 32.1 Å². The maximum Gasteiger partial charge on any atom is 0.320 e. The lowest BCUT2D eigenvalue weighted by atomic mass is 10.0. The Morgan fingerprint density at radius 2 is 1.81 bits per heavy atom. The first kappa shape index (κ1) is 16.2. The molecule has 0 aromatic heterocycles. The van der Waals surface area contributed by atoms with Crippen molar-refractivity contribution in [1.29, 1.82) is 0 Å². The van der Waals surface area contributed by atoms with Crippen LogP contribution in [0.3, 0.4) is 0 Å². The van der Waals surface area contributed by atoms with Crippen LogP contribution in [0, 0.1) is 0 Å². The van der Waals surface area contributed by atoms with Gasteiger partial charge in [-0.05, 0) is 46.3 Å². The SMILES string of the molecule is CN(C)CCC(=O)N1CCC(N2CCCC2C(=O)O)CC1. The van der Waals surface area contributed by atoms with E-state index in [9.17, 15) is 14.7 Å². The number of likely N-dealkylation sites (tertiary alicyclic amines) is 2. The van der Waals surface area contributed by atoms with E-state index in [2.05, 4.69) is 4.90 Å². The van der Waals surface area contributed by atoms with Gasteiger partial charge in [-0.1, -0.05) is 0 Å². The first-order valence-corrected chi connectivity index (χ1v) is 7.90. The minimum Gasteiger partial charge on any atom is -0.480 e. The van der Waals surface area contributed by atoms with Crippen LogP contribution in [0.15, 0.2) is 0 Å². The molecule has 21 heavy (non-hydrogen) atoms. The molecule has 2 heterocycles. The molecule has 0 bridgehead atoms. The van der Waals surface area contributed by atoms with Crippen LogP contribution in [0.2, 0.25) is 0 Å².